The predicted octanol–water partition coefficient (Wildman–Crippen LogP) is 2.98. The molecule has 1 aliphatic rings. The highest BCUT2D eigenvalue weighted by atomic mass is 32.2. The maximum atomic E-state index is 11.9. The van der Waals surface area contributed by atoms with Crippen LogP contribution in [-0.2, 0) is 0 Å². The third-order valence-electron chi connectivity index (χ3n) is 3.60. The third kappa shape index (κ3) is 4.42. The van der Waals surface area contributed by atoms with Gasteiger partial charge in [-0.05, 0) is 50.3 Å². The molecule has 1 aromatic carbocycles. The summed E-state index contributed by atoms with van der Waals surface area (Å²) in [5.41, 5.74) is 2.04. The first-order valence-electron chi connectivity index (χ1n) is 7.11. The van der Waals surface area contributed by atoms with Crippen molar-refractivity contribution in [2.45, 2.75) is 31.8 Å². The highest BCUT2D eigenvalue weighted by Gasteiger charge is 2.15. The highest BCUT2D eigenvalue weighted by molar-refractivity contribution is 7.99. The molecule has 2 unspecified atom stereocenters. The Kier molecular flexibility index (Phi) is 5.73. The second-order valence-corrected chi connectivity index (χ2v) is 6.29. The van der Waals surface area contributed by atoms with Crippen LogP contribution >= 0.6 is 11.8 Å². The number of urea groups is 1. The number of benzene rings is 1. The van der Waals surface area contributed by atoms with E-state index in [1.807, 2.05) is 43.1 Å². The van der Waals surface area contributed by atoms with Gasteiger partial charge in [-0.3, -0.25) is 0 Å². The van der Waals surface area contributed by atoms with Gasteiger partial charge >= 0.3 is 6.03 Å². The first-order chi connectivity index (χ1) is 9.69. The number of rotatable bonds is 4. The molecule has 5 heteroatoms. The molecule has 1 fully saturated rings. The van der Waals surface area contributed by atoms with Crippen molar-refractivity contribution in [2.75, 3.05) is 23.9 Å². The van der Waals surface area contributed by atoms with Gasteiger partial charge < -0.3 is 16.0 Å². The van der Waals surface area contributed by atoms with Crippen LogP contribution in [-0.4, -0.2) is 30.6 Å². The van der Waals surface area contributed by atoms with E-state index in [9.17, 15) is 4.79 Å². The van der Waals surface area contributed by atoms with E-state index in [0.29, 0.717) is 12.1 Å². The van der Waals surface area contributed by atoms with Gasteiger partial charge in [0, 0.05) is 23.5 Å². The minimum atomic E-state index is -0.105. The van der Waals surface area contributed by atoms with Gasteiger partial charge in [-0.2, -0.15) is 11.8 Å². The Labute approximate surface area is 125 Å². The van der Waals surface area contributed by atoms with Crippen LogP contribution in [0, 0.1) is 0 Å². The standard InChI is InChI=1S/C15H23N3OS/c1-11(16-2)12-5-7-13(8-6-12)17-15(19)18-14-4-3-9-20-10-14/h5-8,11,14,16H,3-4,9-10H2,1-2H3,(H2,17,18,19). The molecule has 4 nitrogen and oxygen atoms in total. The van der Waals surface area contributed by atoms with Gasteiger partial charge in [0.2, 0.25) is 0 Å². The Balaban J connectivity index is 1.84. The summed E-state index contributed by atoms with van der Waals surface area (Å²) in [6.45, 7) is 2.11. The van der Waals surface area contributed by atoms with E-state index in [1.165, 1.54) is 17.7 Å². The molecule has 0 saturated carbocycles. The first kappa shape index (κ1) is 15.2. The molecule has 0 radical (unpaired) electrons. The summed E-state index contributed by atoms with van der Waals surface area (Å²) in [4.78, 5) is 11.9. The van der Waals surface area contributed by atoms with Crippen LogP contribution in [0.3, 0.4) is 0 Å². The Hall–Kier alpha value is -1.20. The maximum absolute atomic E-state index is 11.9. The fraction of sp³-hybridized carbons (Fsp3) is 0.533. The van der Waals surface area contributed by atoms with Crippen molar-refractivity contribution in [2.24, 2.45) is 0 Å². The fourth-order valence-electron chi connectivity index (χ4n) is 2.23. The molecule has 2 rings (SSSR count). The lowest BCUT2D eigenvalue weighted by Gasteiger charge is -2.22. The molecule has 2 atom stereocenters. The Morgan fingerprint density at radius 3 is 2.70 bits per heavy atom. The van der Waals surface area contributed by atoms with Gasteiger partial charge in [-0.25, -0.2) is 4.79 Å². The van der Waals surface area contributed by atoms with E-state index < -0.39 is 0 Å². The van der Waals surface area contributed by atoms with Gasteiger partial charge in [0.1, 0.15) is 0 Å². The normalized spacial score (nSPS) is 20.2. The molecule has 1 aliphatic heterocycles. The van der Waals surface area contributed by atoms with Crippen molar-refractivity contribution in [3.63, 3.8) is 0 Å². The molecule has 110 valence electrons. The number of carbonyl (C=O) groups excluding carboxylic acids is 1. The highest BCUT2D eigenvalue weighted by Crippen LogP contribution is 2.18. The van der Waals surface area contributed by atoms with Gasteiger partial charge in [0.25, 0.3) is 0 Å². The molecule has 0 bridgehead atoms. The summed E-state index contributed by atoms with van der Waals surface area (Å²) in [6.07, 6.45) is 2.27. The zero-order valence-electron chi connectivity index (χ0n) is 12.1. The van der Waals surface area contributed by atoms with Crippen LogP contribution in [0.1, 0.15) is 31.4 Å². The van der Waals surface area contributed by atoms with Crippen LogP contribution < -0.4 is 16.0 Å². The molecular formula is C15H23N3OS. The van der Waals surface area contributed by atoms with E-state index in [0.717, 1.165) is 17.9 Å². The van der Waals surface area contributed by atoms with Crippen LogP contribution in [0.4, 0.5) is 10.5 Å². The predicted molar refractivity (Wildman–Crippen MR) is 86.4 cm³/mol. The van der Waals surface area contributed by atoms with Gasteiger partial charge in [0.05, 0.1) is 0 Å². The molecule has 1 aromatic rings. The Bertz CT molecular complexity index is 429. The average molecular weight is 293 g/mol. The topological polar surface area (TPSA) is 53.2 Å². The molecule has 3 N–H and O–H groups in total. The largest absolute Gasteiger partial charge is 0.334 e. The van der Waals surface area contributed by atoms with Crippen LogP contribution in [0.15, 0.2) is 24.3 Å². The van der Waals surface area contributed by atoms with Gasteiger partial charge in [-0.15, -0.1) is 0 Å². The number of amides is 2. The van der Waals surface area contributed by atoms with E-state index in [4.69, 9.17) is 0 Å². The third-order valence-corrected chi connectivity index (χ3v) is 4.81. The lowest BCUT2D eigenvalue weighted by atomic mass is 10.1. The number of thioether (sulfide) groups is 1. The van der Waals surface area contributed by atoms with E-state index in [-0.39, 0.29) is 6.03 Å². The molecule has 0 spiro atoms. The quantitative estimate of drug-likeness (QED) is 0.800. The summed E-state index contributed by atoms with van der Waals surface area (Å²) in [6, 6.07) is 8.47. The van der Waals surface area contributed by atoms with Crippen LogP contribution in [0.5, 0.6) is 0 Å². The molecule has 0 aromatic heterocycles. The zero-order valence-corrected chi connectivity index (χ0v) is 12.9. The van der Waals surface area contributed by atoms with Crippen molar-refractivity contribution in [1.82, 2.24) is 10.6 Å². The molecule has 2 amide bonds. The van der Waals surface area contributed by atoms with E-state index in [2.05, 4.69) is 22.9 Å². The summed E-state index contributed by atoms with van der Waals surface area (Å²) in [7, 11) is 1.94. The minimum absolute atomic E-state index is 0.105. The van der Waals surface area contributed by atoms with Crippen molar-refractivity contribution in [3.8, 4) is 0 Å². The SMILES string of the molecule is CNC(C)c1ccc(NC(=O)NC2CCCSC2)cc1. The number of hydrogen-bond acceptors (Lipinski definition) is 3. The lowest BCUT2D eigenvalue weighted by Crippen LogP contribution is -2.40. The minimum Gasteiger partial charge on any atom is -0.334 e. The summed E-state index contributed by atoms with van der Waals surface area (Å²) in [5.74, 6) is 2.23. The average Bonchev–Trinajstić information content (AvgIpc) is 2.48. The number of hydrogen-bond donors (Lipinski definition) is 3. The number of anilines is 1. The first-order valence-corrected chi connectivity index (χ1v) is 8.27. The zero-order chi connectivity index (χ0) is 14.4. The molecule has 0 aliphatic carbocycles. The summed E-state index contributed by atoms with van der Waals surface area (Å²) >= 11 is 1.91. The summed E-state index contributed by atoms with van der Waals surface area (Å²) in [5, 5.41) is 9.12. The van der Waals surface area contributed by atoms with Gasteiger partial charge in [0.15, 0.2) is 0 Å². The lowest BCUT2D eigenvalue weighted by molar-refractivity contribution is 0.248. The van der Waals surface area contributed by atoms with E-state index in [1.54, 1.807) is 0 Å². The number of carbonyl (C=O) groups is 1. The van der Waals surface area contributed by atoms with Crippen molar-refractivity contribution in [3.05, 3.63) is 29.8 Å². The number of nitrogens with one attached hydrogen (secondary N) is 3. The van der Waals surface area contributed by atoms with Crippen LogP contribution in [0.25, 0.3) is 0 Å². The summed E-state index contributed by atoms with van der Waals surface area (Å²) < 4.78 is 0. The second-order valence-electron chi connectivity index (χ2n) is 5.14. The Morgan fingerprint density at radius 1 is 1.35 bits per heavy atom. The van der Waals surface area contributed by atoms with Crippen molar-refractivity contribution in [1.29, 1.82) is 0 Å². The molecule has 20 heavy (non-hydrogen) atoms. The smallest absolute Gasteiger partial charge is 0.319 e. The van der Waals surface area contributed by atoms with Gasteiger partial charge in [-0.1, -0.05) is 12.1 Å². The van der Waals surface area contributed by atoms with Crippen molar-refractivity contribution >= 4 is 23.5 Å². The molecule has 1 heterocycles. The van der Waals surface area contributed by atoms with E-state index >= 15 is 0 Å². The maximum Gasteiger partial charge on any atom is 0.319 e. The van der Waals surface area contributed by atoms with Crippen molar-refractivity contribution < 1.29 is 4.79 Å². The fourth-order valence-corrected chi connectivity index (χ4v) is 3.30. The molecule has 1 saturated heterocycles. The second kappa shape index (κ2) is 7.55. The van der Waals surface area contributed by atoms with Crippen LogP contribution in [0.2, 0.25) is 0 Å². The monoisotopic (exact) mass is 293 g/mol. The molecular weight excluding hydrogens is 270 g/mol. The Morgan fingerprint density at radius 2 is 2.10 bits per heavy atom.